The van der Waals surface area contributed by atoms with Crippen molar-refractivity contribution in [2.45, 2.75) is 75.6 Å². The average Bonchev–Trinajstić information content (AvgIpc) is 3.59. The van der Waals surface area contributed by atoms with E-state index < -0.39 is 33.2 Å². The molecule has 5 nitrogen and oxygen atoms in total. The van der Waals surface area contributed by atoms with Gasteiger partial charge in [-0.1, -0.05) is 12.8 Å². The third kappa shape index (κ3) is 5.41. The van der Waals surface area contributed by atoms with E-state index in [-0.39, 0.29) is 22.1 Å². The summed E-state index contributed by atoms with van der Waals surface area (Å²) in [4.78, 5) is 15.2. The van der Waals surface area contributed by atoms with Gasteiger partial charge in [0.25, 0.3) is 5.91 Å². The van der Waals surface area contributed by atoms with Crippen LogP contribution in [0, 0.1) is 17.3 Å². The Kier molecular flexibility index (Phi) is 5.85. The van der Waals surface area contributed by atoms with Crippen LogP contribution in [-0.2, 0) is 22.4 Å². The van der Waals surface area contributed by atoms with Crippen molar-refractivity contribution in [3.8, 4) is 0 Å². The molecule has 1 aromatic rings. The first-order valence-corrected chi connectivity index (χ1v) is 12.8. The van der Waals surface area contributed by atoms with Crippen LogP contribution in [0.1, 0.15) is 79.5 Å². The third-order valence-electron chi connectivity index (χ3n) is 7.13. The molecule has 1 amide bonds. The zero-order valence-electron chi connectivity index (χ0n) is 17.5. The minimum absolute atomic E-state index is 0.239. The Morgan fingerprint density at radius 2 is 1.68 bits per heavy atom. The Labute approximate surface area is 180 Å². The summed E-state index contributed by atoms with van der Waals surface area (Å²) >= 11 is 0. The van der Waals surface area contributed by atoms with E-state index in [1.54, 1.807) is 0 Å². The maximum atomic E-state index is 13.4. The van der Waals surface area contributed by atoms with E-state index in [0.29, 0.717) is 43.9 Å². The Morgan fingerprint density at radius 3 is 2.19 bits per heavy atom. The zero-order chi connectivity index (χ0) is 22.4. The highest BCUT2D eigenvalue weighted by Gasteiger charge is 2.44. The lowest BCUT2D eigenvalue weighted by Crippen LogP contribution is -2.37. The van der Waals surface area contributed by atoms with Gasteiger partial charge in [-0.05, 0) is 80.8 Å². The molecule has 0 bridgehead atoms. The van der Waals surface area contributed by atoms with Crippen LogP contribution in [0.3, 0.4) is 0 Å². The van der Waals surface area contributed by atoms with Crippen molar-refractivity contribution < 1.29 is 26.4 Å². The van der Waals surface area contributed by atoms with Crippen molar-refractivity contribution in [3.05, 3.63) is 29.1 Å². The topological polar surface area (TPSA) is 90.1 Å². The molecule has 3 aliphatic rings. The molecular weight excluding hydrogens is 429 g/mol. The van der Waals surface area contributed by atoms with Crippen LogP contribution in [0.5, 0.6) is 0 Å². The van der Waals surface area contributed by atoms with Crippen LogP contribution in [0.15, 0.2) is 12.1 Å². The van der Waals surface area contributed by atoms with E-state index in [4.69, 9.17) is 5.73 Å². The van der Waals surface area contributed by atoms with Crippen LogP contribution >= 0.6 is 0 Å². The number of carbonyl (C=O) groups is 1. The number of rotatable bonds is 8. The Hall–Kier alpha value is -1.64. The number of hydrogen-bond acceptors (Lipinski definition) is 4. The smallest absolute Gasteiger partial charge is 0.366 e. The highest BCUT2D eigenvalue weighted by Crippen LogP contribution is 2.50. The van der Waals surface area contributed by atoms with Crippen LogP contribution in [0.2, 0.25) is 0 Å². The minimum Gasteiger partial charge on any atom is -0.366 e. The maximum absolute atomic E-state index is 13.4. The normalized spacial score (nSPS) is 27.3. The second-order valence-electron chi connectivity index (χ2n) is 9.86. The van der Waals surface area contributed by atoms with Crippen LogP contribution in [0.4, 0.5) is 13.2 Å². The summed E-state index contributed by atoms with van der Waals surface area (Å²) in [7, 11) is -3.11. The Balaban J connectivity index is 1.53. The molecule has 1 aromatic heterocycles. The van der Waals surface area contributed by atoms with Crippen molar-refractivity contribution in [2.24, 2.45) is 23.0 Å². The van der Waals surface area contributed by atoms with Gasteiger partial charge < -0.3 is 5.73 Å². The SMILES string of the molecule is NC(=O)c1ccc(CC2(CC3CC3)CCC(S(=O)(=O)CC3CC3)CC2)nc1C(F)(F)F. The van der Waals surface area contributed by atoms with E-state index in [1.165, 1.54) is 6.07 Å². The molecule has 2 N–H and O–H groups in total. The molecule has 0 saturated heterocycles. The van der Waals surface area contributed by atoms with E-state index >= 15 is 0 Å². The number of hydrogen-bond donors (Lipinski definition) is 1. The molecule has 0 radical (unpaired) electrons. The van der Waals surface area contributed by atoms with Gasteiger partial charge in [-0.2, -0.15) is 13.2 Å². The molecule has 3 fully saturated rings. The van der Waals surface area contributed by atoms with Gasteiger partial charge in [-0.3, -0.25) is 4.79 Å². The highest BCUT2D eigenvalue weighted by atomic mass is 32.2. The standard InChI is InChI=1S/C22H29F3N2O3S/c23-22(24,25)19-18(20(26)28)6-5-16(27-19)12-21(11-14-1-2-14)9-7-17(8-10-21)31(29,30)13-15-3-4-15/h5-6,14-15,17H,1-4,7-13H2,(H2,26,28). The largest absolute Gasteiger partial charge is 0.434 e. The van der Waals surface area contributed by atoms with Crippen LogP contribution < -0.4 is 5.73 Å². The number of nitrogens with zero attached hydrogens (tertiary/aromatic N) is 1. The summed E-state index contributed by atoms with van der Waals surface area (Å²) in [5.74, 6) is 0.00204. The summed E-state index contributed by atoms with van der Waals surface area (Å²) < 4.78 is 65.7. The second-order valence-corrected chi connectivity index (χ2v) is 12.2. The lowest BCUT2D eigenvalue weighted by Gasteiger charge is -2.40. The Morgan fingerprint density at radius 1 is 1.06 bits per heavy atom. The van der Waals surface area contributed by atoms with Crippen molar-refractivity contribution in [2.75, 3.05) is 5.75 Å². The summed E-state index contributed by atoms with van der Waals surface area (Å²) in [6.07, 6.45) is 3.19. The third-order valence-corrected chi connectivity index (χ3v) is 9.55. The number of halogens is 3. The van der Waals surface area contributed by atoms with E-state index in [2.05, 4.69) is 4.98 Å². The van der Waals surface area contributed by atoms with Crippen molar-refractivity contribution >= 4 is 15.7 Å². The zero-order valence-corrected chi connectivity index (χ0v) is 18.3. The molecule has 3 saturated carbocycles. The van der Waals surface area contributed by atoms with Gasteiger partial charge in [0.2, 0.25) is 0 Å². The summed E-state index contributed by atoms with van der Waals surface area (Å²) in [6.45, 7) is 0. The number of alkyl halides is 3. The molecule has 4 rings (SSSR count). The fourth-order valence-corrected chi connectivity index (χ4v) is 7.31. The molecule has 0 spiro atoms. The lowest BCUT2D eigenvalue weighted by molar-refractivity contribution is -0.141. The first-order valence-electron chi connectivity index (χ1n) is 11.1. The number of nitrogens with two attached hydrogens (primary N) is 1. The first kappa shape index (κ1) is 22.6. The number of primary amides is 1. The number of aromatic nitrogens is 1. The molecule has 0 aliphatic heterocycles. The summed E-state index contributed by atoms with van der Waals surface area (Å²) in [5.41, 5.74) is 3.30. The lowest BCUT2D eigenvalue weighted by atomic mass is 9.68. The monoisotopic (exact) mass is 458 g/mol. The molecule has 0 aromatic carbocycles. The molecule has 9 heteroatoms. The molecule has 31 heavy (non-hydrogen) atoms. The maximum Gasteiger partial charge on any atom is 0.434 e. The van der Waals surface area contributed by atoms with Gasteiger partial charge in [0.15, 0.2) is 15.5 Å². The van der Waals surface area contributed by atoms with E-state index in [1.807, 2.05) is 0 Å². The number of pyridine rings is 1. The molecule has 1 heterocycles. The molecular formula is C22H29F3N2O3S. The van der Waals surface area contributed by atoms with Crippen LogP contribution in [-0.4, -0.2) is 30.3 Å². The second kappa shape index (κ2) is 8.05. The quantitative estimate of drug-likeness (QED) is 0.629. The van der Waals surface area contributed by atoms with Gasteiger partial charge in [0.05, 0.1) is 16.6 Å². The van der Waals surface area contributed by atoms with Crippen LogP contribution in [0.25, 0.3) is 0 Å². The van der Waals surface area contributed by atoms with Crippen molar-refractivity contribution in [1.82, 2.24) is 4.98 Å². The van der Waals surface area contributed by atoms with Crippen molar-refractivity contribution in [1.29, 1.82) is 0 Å². The first-order chi connectivity index (χ1) is 14.5. The van der Waals surface area contributed by atoms with Gasteiger partial charge in [0.1, 0.15) is 0 Å². The summed E-state index contributed by atoms with van der Waals surface area (Å²) in [5, 5.41) is -0.337. The van der Waals surface area contributed by atoms with E-state index in [9.17, 15) is 26.4 Å². The van der Waals surface area contributed by atoms with Crippen molar-refractivity contribution in [3.63, 3.8) is 0 Å². The fourth-order valence-electron chi connectivity index (χ4n) is 5.10. The Bertz CT molecular complexity index is 945. The fraction of sp³-hybridized carbons (Fsp3) is 0.727. The minimum atomic E-state index is -4.77. The molecule has 0 unspecified atom stereocenters. The van der Waals surface area contributed by atoms with E-state index in [0.717, 1.165) is 38.2 Å². The number of carbonyl (C=O) groups excluding carboxylic acids is 1. The predicted octanol–water partition coefficient (Wildman–Crippen LogP) is 4.30. The average molecular weight is 459 g/mol. The van der Waals surface area contributed by atoms with Gasteiger partial charge in [-0.25, -0.2) is 13.4 Å². The number of sulfone groups is 1. The van der Waals surface area contributed by atoms with Gasteiger partial charge in [-0.15, -0.1) is 0 Å². The highest BCUT2D eigenvalue weighted by molar-refractivity contribution is 7.92. The number of amides is 1. The molecule has 0 atom stereocenters. The molecule has 3 aliphatic carbocycles. The molecule has 172 valence electrons. The predicted molar refractivity (Wildman–Crippen MR) is 110 cm³/mol. The van der Waals surface area contributed by atoms with Gasteiger partial charge in [0, 0.05) is 5.69 Å². The van der Waals surface area contributed by atoms with Gasteiger partial charge >= 0.3 is 6.18 Å². The summed E-state index contributed by atoms with van der Waals surface area (Å²) in [6, 6.07) is 2.57.